The molecule has 1 aliphatic rings. The van der Waals surface area contributed by atoms with E-state index in [-0.39, 0.29) is 12.1 Å². The van der Waals surface area contributed by atoms with Gasteiger partial charge in [-0.1, -0.05) is 17.3 Å². The van der Waals surface area contributed by atoms with Crippen molar-refractivity contribution in [1.82, 2.24) is 15.0 Å². The Morgan fingerprint density at radius 2 is 2.16 bits per heavy atom. The quantitative estimate of drug-likeness (QED) is 0.835. The van der Waals surface area contributed by atoms with E-state index in [2.05, 4.69) is 10.1 Å². The van der Waals surface area contributed by atoms with Crippen LogP contribution in [0.25, 0.3) is 11.4 Å². The van der Waals surface area contributed by atoms with Crippen molar-refractivity contribution in [2.75, 3.05) is 12.3 Å². The fraction of sp³-hybridized carbons (Fsp3) is 0.500. The van der Waals surface area contributed by atoms with Crippen LogP contribution in [0.15, 0.2) is 22.7 Å². The van der Waals surface area contributed by atoms with Gasteiger partial charge >= 0.3 is 6.09 Å². The number of carbonyl (C=O) groups excluding carboxylic acids is 1. The molecule has 134 valence electrons. The van der Waals surface area contributed by atoms with Crippen LogP contribution in [0, 0.1) is 6.92 Å². The van der Waals surface area contributed by atoms with Crippen molar-refractivity contribution in [3.8, 4) is 11.4 Å². The van der Waals surface area contributed by atoms with Crippen molar-refractivity contribution >= 4 is 11.8 Å². The molecule has 1 saturated heterocycles. The molecule has 3 rings (SSSR count). The van der Waals surface area contributed by atoms with Crippen LogP contribution in [0.3, 0.4) is 0 Å². The van der Waals surface area contributed by atoms with Gasteiger partial charge in [0.05, 0.1) is 0 Å². The van der Waals surface area contributed by atoms with E-state index in [4.69, 9.17) is 15.0 Å². The van der Waals surface area contributed by atoms with Crippen molar-refractivity contribution in [3.05, 3.63) is 29.7 Å². The van der Waals surface area contributed by atoms with Gasteiger partial charge in [-0.25, -0.2) is 4.79 Å². The molecule has 2 heterocycles. The van der Waals surface area contributed by atoms with E-state index in [9.17, 15) is 4.79 Å². The number of ether oxygens (including phenoxy) is 1. The maximum absolute atomic E-state index is 12.4. The molecule has 0 spiro atoms. The van der Waals surface area contributed by atoms with E-state index in [1.165, 1.54) is 0 Å². The second-order valence-electron chi connectivity index (χ2n) is 7.31. The maximum Gasteiger partial charge on any atom is 0.410 e. The summed E-state index contributed by atoms with van der Waals surface area (Å²) in [6, 6.07) is 5.34. The van der Waals surface area contributed by atoms with Crippen molar-refractivity contribution in [3.63, 3.8) is 0 Å². The lowest BCUT2D eigenvalue weighted by atomic mass is 10.1. The van der Waals surface area contributed by atoms with E-state index >= 15 is 0 Å². The van der Waals surface area contributed by atoms with Crippen LogP contribution >= 0.6 is 0 Å². The van der Waals surface area contributed by atoms with Gasteiger partial charge in [-0.15, -0.1) is 0 Å². The first kappa shape index (κ1) is 17.3. The topological polar surface area (TPSA) is 94.5 Å². The van der Waals surface area contributed by atoms with Crippen LogP contribution in [0.4, 0.5) is 10.5 Å². The zero-order chi connectivity index (χ0) is 18.2. The number of aromatic nitrogens is 2. The molecule has 25 heavy (non-hydrogen) atoms. The molecule has 1 amide bonds. The fourth-order valence-electron chi connectivity index (χ4n) is 2.94. The largest absolute Gasteiger partial charge is 0.444 e. The van der Waals surface area contributed by atoms with Crippen LogP contribution in [0.2, 0.25) is 0 Å². The number of nitrogen functional groups attached to an aromatic ring is 1. The van der Waals surface area contributed by atoms with Gasteiger partial charge in [0.25, 0.3) is 0 Å². The number of hydrogen-bond donors (Lipinski definition) is 1. The number of nitrogens with zero attached hydrogens (tertiary/aromatic N) is 3. The van der Waals surface area contributed by atoms with Gasteiger partial charge in [0.15, 0.2) is 0 Å². The minimum atomic E-state index is -0.539. The SMILES string of the molecule is Cc1c(N)cccc1-c1noc([C@@H]2CCCN2C(=O)OC(C)(C)C)n1. The second kappa shape index (κ2) is 6.38. The molecule has 1 fully saturated rings. The summed E-state index contributed by atoms with van der Waals surface area (Å²) in [5.74, 6) is 0.913. The van der Waals surface area contributed by atoms with Gasteiger partial charge in [0, 0.05) is 17.8 Å². The predicted molar refractivity (Wildman–Crippen MR) is 93.8 cm³/mol. The number of nitrogens with two attached hydrogens (primary N) is 1. The molecule has 0 bridgehead atoms. The first-order chi connectivity index (χ1) is 11.8. The highest BCUT2D eigenvalue weighted by Gasteiger charge is 2.36. The molecular weight excluding hydrogens is 320 g/mol. The Bertz CT molecular complexity index is 779. The monoisotopic (exact) mass is 344 g/mol. The summed E-state index contributed by atoms with van der Waals surface area (Å²) >= 11 is 0. The number of amides is 1. The Kier molecular flexibility index (Phi) is 4.41. The molecule has 1 aliphatic heterocycles. The second-order valence-corrected chi connectivity index (χ2v) is 7.31. The predicted octanol–water partition coefficient (Wildman–Crippen LogP) is 3.70. The lowest BCUT2D eigenvalue weighted by molar-refractivity contribution is 0.0199. The minimum absolute atomic E-state index is 0.252. The van der Waals surface area contributed by atoms with Crippen molar-refractivity contribution in [2.45, 2.75) is 52.2 Å². The third-order valence-electron chi connectivity index (χ3n) is 4.22. The third kappa shape index (κ3) is 3.60. The maximum atomic E-state index is 12.4. The zero-order valence-corrected chi connectivity index (χ0v) is 15.1. The third-order valence-corrected chi connectivity index (χ3v) is 4.22. The average molecular weight is 344 g/mol. The Hall–Kier alpha value is -2.57. The van der Waals surface area contributed by atoms with Crippen LogP contribution in [-0.4, -0.2) is 33.3 Å². The number of rotatable bonds is 2. The smallest absolute Gasteiger partial charge is 0.410 e. The van der Waals surface area contributed by atoms with Gasteiger partial charge in [0.2, 0.25) is 11.7 Å². The Morgan fingerprint density at radius 1 is 1.40 bits per heavy atom. The Balaban J connectivity index is 1.84. The molecule has 0 saturated carbocycles. The van der Waals surface area contributed by atoms with Crippen LogP contribution in [0.1, 0.15) is 51.1 Å². The van der Waals surface area contributed by atoms with E-state index in [0.29, 0.717) is 23.9 Å². The van der Waals surface area contributed by atoms with Gasteiger partial charge in [-0.3, -0.25) is 4.90 Å². The number of anilines is 1. The molecule has 1 aromatic carbocycles. The Labute approximate surface area is 147 Å². The van der Waals surface area contributed by atoms with Crippen LogP contribution in [0.5, 0.6) is 0 Å². The van der Waals surface area contributed by atoms with E-state index in [1.807, 2.05) is 45.9 Å². The van der Waals surface area contributed by atoms with E-state index < -0.39 is 5.60 Å². The number of carbonyl (C=O) groups is 1. The molecule has 1 aromatic heterocycles. The lowest BCUT2D eigenvalue weighted by Gasteiger charge is -2.26. The fourth-order valence-corrected chi connectivity index (χ4v) is 2.94. The highest BCUT2D eigenvalue weighted by Crippen LogP contribution is 2.34. The number of hydrogen-bond acceptors (Lipinski definition) is 6. The molecule has 0 unspecified atom stereocenters. The highest BCUT2D eigenvalue weighted by molar-refractivity contribution is 5.69. The molecular formula is C18H24N4O3. The minimum Gasteiger partial charge on any atom is -0.444 e. The van der Waals surface area contributed by atoms with Crippen molar-refractivity contribution in [1.29, 1.82) is 0 Å². The average Bonchev–Trinajstić information content (AvgIpc) is 3.16. The van der Waals surface area contributed by atoms with Crippen molar-refractivity contribution in [2.24, 2.45) is 0 Å². The van der Waals surface area contributed by atoms with Gasteiger partial charge < -0.3 is 15.0 Å². The standard InChI is InChI=1S/C18H24N4O3/c1-11-12(7-5-8-13(11)19)15-20-16(25-21-15)14-9-6-10-22(14)17(23)24-18(2,3)4/h5,7-8,14H,6,9-10,19H2,1-4H3/t14-/m0/s1. The molecule has 7 heteroatoms. The molecule has 1 atom stereocenters. The number of benzene rings is 1. The van der Waals surface area contributed by atoms with Gasteiger partial charge in [-0.05, 0) is 52.2 Å². The summed E-state index contributed by atoms with van der Waals surface area (Å²) in [6.07, 6.45) is 1.30. The molecule has 0 radical (unpaired) electrons. The summed E-state index contributed by atoms with van der Waals surface area (Å²) in [7, 11) is 0. The lowest BCUT2D eigenvalue weighted by Crippen LogP contribution is -2.36. The first-order valence-corrected chi connectivity index (χ1v) is 8.45. The summed E-state index contributed by atoms with van der Waals surface area (Å²) in [4.78, 5) is 18.6. The summed E-state index contributed by atoms with van der Waals surface area (Å²) in [5, 5.41) is 4.08. The van der Waals surface area contributed by atoms with Gasteiger partial charge in [-0.2, -0.15) is 4.98 Å². The first-order valence-electron chi connectivity index (χ1n) is 8.45. The summed E-state index contributed by atoms with van der Waals surface area (Å²) in [6.45, 7) is 8.09. The van der Waals surface area contributed by atoms with E-state index in [1.54, 1.807) is 4.90 Å². The zero-order valence-electron chi connectivity index (χ0n) is 15.1. The highest BCUT2D eigenvalue weighted by atomic mass is 16.6. The van der Waals surface area contributed by atoms with Crippen LogP contribution in [-0.2, 0) is 4.74 Å². The Morgan fingerprint density at radius 3 is 2.88 bits per heavy atom. The molecule has 0 aliphatic carbocycles. The summed E-state index contributed by atoms with van der Waals surface area (Å²) < 4.78 is 10.9. The molecule has 2 N–H and O–H groups in total. The molecule has 7 nitrogen and oxygen atoms in total. The van der Waals surface area contributed by atoms with Gasteiger partial charge in [0.1, 0.15) is 11.6 Å². The number of likely N-dealkylation sites (tertiary alicyclic amines) is 1. The molecule has 2 aromatic rings. The normalized spacial score (nSPS) is 17.8. The van der Waals surface area contributed by atoms with E-state index in [0.717, 1.165) is 24.0 Å². The summed E-state index contributed by atoms with van der Waals surface area (Å²) in [5.41, 5.74) is 7.83. The van der Waals surface area contributed by atoms with Crippen LogP contribution < -0.4 is 5.73 Å². The van der Waals surface area contributed by atoms with Crippen molar-refractivity contribution < 1.29 is 14.1 Å².